The van der Waals surface area contributed by atoms with Gasteiger partial charge in [-0.1, -0.05) is 0 Å². The van der Waals surface area contributed by atoms with Gasteiger partial charge in [0.15, 0.2) is 0 Å². The minimum Gasteiger partial charge on any atom is -0.490 e. The first-order valence-electron chi connectivity index (χ1n) is 4.59. The predicted octanol–water partition coefficient (Wildman–Crippen LogP) is 2.40. The number of rotatable bonds is 3. The van der Waals surface area contributed by atoms with Crippen LogP contribution in [0.25, 0.3) is 0 Å². The molecule has 0 radical (unpaired) electrons. The van der Waals surface area contributed by atoms with Gasteiger partial charge in [0.25, 0.3) is 0 Å². The molecule has 0 spiro atoms. The summed E-state index contributed by atoms with van der Waals surface area (Å²) in [6.07, 6.45) is -0.129. The molecule has 4 heteroatoms. The average molecular weight is 212 g/mol. The molecule has 1 aromatic carbocycles. The molecule has 0 amide bonds. The molecule has 0 aliphatic rings. The summed E-state index contributed by atoms with van der Waals surface area (Å²) in [6, 6.07) is 3.71. The van der Waals surface area contributed by atoms with Gasteiger partial charge in [0.1, 0.15) is 17.1 Å². The van der Waals surface area contributed by atoms with E-state index in [0.29, 0.717) is 0 Å². The van der Waals surface area contributed by atoms with Gasteiger partial charge in [-0.25, -0.2) is 9.18 Å². The summed E-state index contributed by atoms with van der Waals surface area (Å²) in [6.45, 7) is 3.60. The molecule has 0 atom stereocenters. The number of esters is 1. The number of hydrogen-bond acceptors (Lipinski definition) is 3. The molecule has 0 bridgehead atoms. The van der Waals surface area contributed by atoms with Gasteiger partial charge < -0.3 is 9.47 Å². The zero-order valence-corrected chi connectivity index (χ0v) is 8.91. The number of ether oxygens (including phenoxy) is 2. The van der Waals surface area contributed by atoms with Crippen LogP contribution in [0.4, 0.5) is 4.39 Å². The van der Waals surface area contributed by atoms with Crippen molar-refractivity contribution in [3.8, 4) is 5.75 Å². The molecule has 0 aliphatic heterocycles. The highest BCUT2D eigenvalue weighted by molar-refractivity contribution is 5.92. The zero-order valence-electron chi connectivity index (χ0n) is 8.91. The van der Waals surface area contributed by atoms with Gasteiger partial charge in [0.2, 0.25) is 0 Å². The van der Waals surface area contributed by atoms with Crippen molar-refractivity contribution in [3.05, 3.63) is 29.6 Å². The van der Waals surface area contributed by atoms with E-state index in [0.717, 1.165) is 0 Å². The Kier molecular flexibility index (Phi) is 3.66. The lowest BCUT2D eigenvalue weighted by atomic mass is 10.2. The molecule has 0 saturated heterocycles. The van der Waals surface area contributed by atoms with Crippen LogP contribution in [-0.2, 0) is 4.74 Å². The van der Waals surface area contributed by atoms with Gasteiger partial charge in [-0.2, -0.15) is 0 Å². The van der Waals surface area contributed by atoms with Crippen LogP contribution in [0.2, 0.25) is 0 Å². The van der Waals surface area contributed by atoms with Gasteiger partial charge >= 0.3 is 5.97 Å². The third-order valence-electron chi connectivity index (χ3n) is 1.71. The molecule has 0 aromatic heterocycles. The van der Waals surface area contributed by atoms with E-state index in [1.165, 1.54) is 25.3 Å². The molecule has 82 valence electrons. The van der Waals surface area contributed by atoms with Gasteiger partial charge in [-0.15, -0.1) is 0 Å². The minimum atomic E-state index is -0.536. The normalized spacial score (nSPS) is 10.2. The van der Waals surface area contributed by atoms with E-state index in [4.69, 9.17) is 4.74 Å². The fraction of sp³-hybridized carbons (Fsp3) is 0.364. The third-order valence-corrected chi connectivity index (χ3v) is 1.71. The molecule has 0 N–H and O–H groups in total. The average Bonchev–Trinajstić information content (AvgIpc) is 2.16. The largest absolute Gasteiger partial charge is 0.490 e. The van der Waals surface area contributed by atoms with E-state index < -0.39 is 11.8 Å². The Balaban J connectivity index is 3.08. The number of carbonyl (C=O) groups is 1. The van der Waals surface area contributed by atoms with Crippen molar-refractivity contribution < 1.29 is 18.7 Å². The molecule has 15 heavy (non-hydrogen) atoms. The highest BCUT2D eigenvalue weighted by Gasteiger charge is 2.14. The summed E-state index contributed by atoms with van der Waals surface area (Å²) in [7, 11) is 1.27. The number of carbonyl (C=O) groups excluding carboxylic acids is 1. The fourth-order valence-electron chi connectivity index (χ4n) is 1.13. The maximum atomic E-state index is 12.9. The Bertz CT molecular complexity index is 361. The molecule has 0 aliphatic carbocycles. The lowest BCUT2D eigenvalue weighted by Crippen LogP contribution is -2.11. The second-order valence-electron chi connectivity index (χ2n) is 3.30. The summed E-state index contributed by atoms with van der Waals surface area (Å²) in [5.41, 5.74) is 0.229. The standard InChI is InChI=1S/C11H13FO3/c1-7(2)15-10-6-8(12)4-5-9(10)11(13)14-3/h4-7H,1-3H3. The van der Waals surface area contributed by atoms with Crippen molar-refractivity contribution in [2.24, 2.45) is 0 Å². The third kappa shape index (κ3) is 2.94. The maximum Gasteiger partial charge on any atom is 0.341 e. The van der Waals surface area contributed by atoms with Crippen LogP contribution in [0.15, 0.2) is 18.2 Å². The molecule has 0 fully saturated rings. The van der Waals surface area contributed by atoms with Crippen LogP contribution in [0.3, 0.4) is 0 Å². The van der Waals surface area contributed by atoms with Gasteiger partial charge in [-0.3, -0.25) is 0 Å². The minimum absolute atomic E-state index is 0.129. The lowest BCUT2D eigenvalue weighted by molar-refractivity contribution is 0.0594. The van der Waals surface area contributed by atoms with E-state index in [1.807, 2.05) is 0 Å². The van der Waals surface area contributed by atoms with Crippen molar-refractivity contribution in [3.63, 3.8) is 0 Å². The molecule has 1 aromatic rings. The Hall–Kier alpha value is -1.58. The number of benzene rings is 1. The molecule has 1 rings (SSSR count). The number of hydrogen-bond donors (Lipinski definition) is 0. The van der Waals surface area contributed by atoms with E-state index >= 15 is 0 Å². The highest BCUT2D eigenvalue weighted by atomic mass is 19.1. The first-order valence-corrected chi connectivity index (χ1v) is 4.59. The van der Waals surface area contributed by atoms with Crippen molar-refractivity contribution in [1.29, 1.82) is 0 Å². The molecular formula is C11H13FO3. The summed E-state index contributed by atoms with van der Waals surface area (Å²) >= 11 is 0. The predicted molar refractivity (Wildman–Crippen MR) is 53.5 cm³/mol. The van der Waals surface area contributed by atoms with Crippen molar-refractivity contribution in [2.45, 2.75) is 20.0 Å². The first-order chi connectivity index (χ1) is 7.04. The number of halogens is 1. The second-order valence-corrected chi connectivity index (χ2v) is 3.30. The van der Waals surface area contributed by atoms with E-state index in [2.05, 4.69) is 4.74 Å². The van der Waals surface area contributed by atoms with Crippen LogP contribution in [0.5, 0.6) is 5.75 Å². The van der Waals surface area contributed by atoms with E-state index in [1.54, 1.807) is 13.8 Å². The summed E-state index contributed by atoms with van der Waals surface area (Å²) in [5, 5.41) is 0. The van der Waals surface area contributed by atoms with Gasteiger partial charge in [0.05, 0.1) is 13.2 Å². The summed E-state index contributed by atoms with van der Waals surface area (Å²) < 4.78 is 22.8. The molecule has 3 nitrogen and oxygen atoms in total. The maximum absolute atomic E-state index is 12.9. The van der Waals surface area contributed by atoms with Crippen molar-refractivity contribution in [1.82, 2.24) is 0 Å². The quantitative estimate of drug-likeness (QED) is 0.722. The van der Waals surface area contributed by atoms with Crippen LogP contribution in [-0.4, -0.2) is 19.2 Å². The highest BCUT2D eigenvalue weighted by Crippen LogP contribution is 2.21. The Morgan fingerprint density at radius 1 is 1.40 bits per heavy atom. The smallest absolute Gasteiger partial charge is 0.341 e. The monoisotopic (exact) mass is 212 g/mol. The van der Waals surface area contributed by atoms with Crippen LogP contribution >= 0.6 is 0 Å². The SMILES string of the molecule is COC(=O)c1ccc(F)cc1OC(C)C. The summed E-state index contributed by atoms with van der Waals surface area (Å²) in [5.74, 6) is -0.777. The Labute approximate surface area is 87.8 Å². The lowest BCUT2D eigenvalue weighted by Gasteiger charge is -2.12. The Morgan fingerprint density at radius 3 is 2.60 bits per heavy atom. The van der Waals surface area contributed by atoms with Gasteiger partial charge in [0, 0.05) is 6.07 Å². The van der Waals surface area contributed by atoms with Crippen molar-refractivity contribution >= 4 is 5.97 Å². The number of methoxy groups -OCH3 is 1. The van der Waals surface area contributed by atoms with Gasteiger partial charge in [-0.05, 0) is 26.0 Å². The topological polar surface area (TPSA) is 35.5 Å². The van der Waals surface area contributed by atoms with Crippen LogP contribution in [0, 0.1) is 5.82 Å². The van der Waals surface area contributed by atoms with E-state index in [-0.39, 0.29) is 17.4 Å². The fourth-order valence-corrected chi connectivity index (χ4v) is 1.13. The van der Waals surface area contributed by atoms with Crippen LogP contribution < -0.4 is 4.74 Å². The summed E-state index contributed by atoms with van der Waals surface area (Å²) in [4.78, 5) is 11.3. The molecule has 0 heterocycles. The second kappa shape index (κ2) is 4.77. The molecule has 0 saturated carbocycles. The molecular weight excluding hydrogens is 199 g/mol. The zero-order chi connectivity index (χ0) is 11.4. The molecule has 0 unspecified atom stereocenters. The van der Waals surface area contributed by atoms with Crippen LogP contribution in [0.1, 0.15) is 24.2 Å². The Morgan fingerprint density at radius 2 is 2.07 bits per heavy atom. The first kappa shape index (κ1) is 11.5. The van der Waals surface area contributed by atoms with Crippen molar-refractivity contribution in [2.75, 3.05) is 7.11 Å². The van der Waals surface area contributed by atoms with E-state index in [9.17, 15) is 9.18 Å².